The van der Waals surface area contributed by atoms with Crippen LogP contribution in [0.15, 0.2) is 18.1 Å². The summed E-state index contributed by atoms with van der Waals surface area (Å²) in [4.78, 5) is 0. The van der Waals surface area contributed by atoms with Crippen LogP contribution in [0, 0.1) is 0 Å². The van der Waals surface area contributed by atoms with Crippen LogP contribution in [0.5, 0.6) is 11.5 Å². The summed E-state index contributed by atoms with van der Waals surface area (Å²) in [6.45, 7) is -2.56. The molecule has 1 aliphatic heterocycles. The summed E-state index contributed by atoms with van der Waals surface area (Å²) in [6, 6.07) is -1.82. The lowest BCUT2D eigenvalue weighted by Crippen LogP contribution is -2.23. The van der Waals surface area contributed by atoms with Gasteiger partial charge >= 0.3 is 0 Å². The molecule has 0 aliphatic carbocycles. The van der Waals surface area contributed by atoms with E-state index in [1.807, 2.05) is 0 Å². The van der Waals surface area contributed by atoms with Gasteiger partial charge in [0.15, 0.2) is 11.5 Å². The first-order valence-electron chi connectivity index (χ1n) is 7.69. The Balaban J connectivity index is 2.48. The molecule has 1 atom stereocenters. The van der Waals surface area contributed by atoms with E-state index in [4.69, 9.17) is 19.1 Å². The lowest BCUT2D eigenvalue weighted by Gasteiger charge is -2.09. The highest BCUT2D eigenvalue weighted by atomic mass is 16.7. The Labute approximate surface area is 93.9 Å². The maximum atomic E-state index is 8.03. The highest BCUT2D eigenvalue weighted by Crippen LogP contribution is 2.32. The maximum Gasteiger partial charge on any atom is 0.231 e. The predicted octanol–water partition coefficient (Wildman–Crippen LogP) is 1.57. The number of rotatable bonds is 3. The molecule has 1 heterocycles. The van der Waals surface area contributed by atoms with E-state index in [-0.39, 0.29) is 48.4 Å². The molecule has 0 saturated heterocycles. The quantitative estimate of drug-likeness (QED) is 0.803. The van der Waals surface area contributed by atoms with E-state index in [1.165, 1.54) is 7.05 Å². The molecule has 0 radical (unpaired) electrons. The molecule has 1 N–H and O–H groups in total. The fourth-order valence-electron chi connectivity index (χ4n) is 1.15. The summed E-state index contributed by atoms with van der Waals surface area (Å²) < 4.78 is 63.9. The summed E-state index contributed by atoms with van der Waals surface area (Å²) in [5, 5.41) is 0.792. The summed E-state index contributed by atoms with van der Waals surface area (Å²) in [5.41, 5.74) is 0.0736. The van der Waals surface area contributed by atoms with Gasteiger partial charge in [-0.3, -0.25) is 0 Å². The molecular formula is C11H15NO2. The highest BCUT2D eigenvalue weighted by molar-refractivity contribution is 5.44. The van der Waals surface area contributed by atoms with Crippen LogP contribution in [-0.4, -0.2) is 19.9 Å². The van der Waals surface area contributed by atoms with Crippen molar-refractivity contribution in [1.82, 2.24) is 5.31 Å². The normalized spacial score (nSPS) is 24.0. The second kappa shape index (κ2) is 3.88. The molecular weight excluding hydrogens is 178 g/mol. The van der Waals surface area contributed by atoms with Crippen LogP contribution in [0.25, 0.3) is 0 Å². The second-order valence-electron chi connectivity index (χ2n) is 2.90. The van der Waals surface area contributed by atoms with E-state index >= 15 is 0 Å². The Morgan fingerprint density at radius 1 is 1.64 bits per heavy atom. The standard InChI is InChI=1S/C11H15NO2/c1-8(12-2)5-9-3-4-10-11(6-9)14-7-13-10/h3-4,6,8,12H,5,7H2,1-2H3/i1D3,3D,4D,6D/hD. The number of hydrogen-bond donors (Lipinski definition) is 1. The molecule has 0 aromatic heterocycles. The van der Waals surface area contributed by atoms with Crippen molar-refractivity contribution in [2.75, 3.05) is 13.8 Å². The van der Waals surface area contributed by atoms with Crippen LogP contribution in [0.2, 0.25) is 1.41 Å². The van der Waals surface area contributed by atoms with Gasteiger partial charge in [-0.1, -0.05) is 6.04 Å². The van der Waals surface area contributed by atoms with E-state index < -0.39 is 12.9 Å². The van der Waals surface area contributed by atoms with E-state index in [0.29, 0.717) is 0 Å². The second-order valence-corrected chi connectivity index (χ2v) is 2.90. The highest BCUT2D eigenvalue weighted by Gasteiger charge is 2.13. The van der Waals surface area contributed by atoms with Crippen molar-refractivity contribution >= 4 is 0 Å². The van der Waals surface area contributed by atoms with E-state index in [1.54, 1.807) is 0 Å². The SMILES string of the molecule is [2H]c1c([2H])c2c(c([2H])c1CC(N([2H])C)C([2H])([2H])[2H])OCO2. The first-order chi connectivity index (χ1) is 9.64. The number of ether oxygens (including phenoxy) is 2. The molecule has 1 unspecified atom stereocenters. The van der Waals surface area contributed by atoms with Crippen molar-refractivity contribution in [2.24, 2.45) is 0 Å². The van der Waals surface area contributed by atoms with E-state index in [0.717, 1.165) is 5.31 Å². The van der Waals surface area contributed by atoms with Crippen molar-refractivity contribution in [3.05, 3.63) is 23.7 Å². The van der Waals surface area contributed by atoms with Crippen molar-refractivity contribution in [1.29, 1.82) is 0 Å². The van der Waals surface area contributed by atoms with Gasteiger partial charge in [0.2, 0.25) is 6.79 Å². The average Bonchev–Trinajstić information content (AvgIpc) is 2.83. The molecule has 1 aromatic carbocycles. The van der Waals surface area contributed by atoms with Crippen LogP contribution in [-0.2, 0) is 6.42 Å². The lowest BCUT2D eigenvalue weighted by molar-refractivity contribution is 0.174. The van der Waals surface area contributed by atoms with Gasteiger partial charge < -0.3 is 14.8 Å². The minimum absolute atomic E-state index is 0.0402. The monoisotopic (exact) mass is 200 g/mol. The van der Waals surface area contributed by atoms with Crippen LogP contribution in [0.4, 0.5) is 0 Å². The zero-order valence-corrected chi connectivity index (χ0v) is 7.76. The van der Waals surface area contributed by atoms with Gasteiger partial charge in [0.05, 0.1) is 4.11 Å². The molecule has 14 heavy (non-hydrogen) atoms. The molecule has 2 rings (SSSR count). The van der Waals surface area contributed by atoms with E-state index in [9.17, 15) is 0 Å². The Morgan fingerprint density at radius 3 is 3.29 bits per heavy atom. The third-order valence-corrected chi connectivity index (χ3v) is 1.91. The number of likely N-dealkylation sites (N-methyl/N-ethyl adjacent to an activating group) is 1. The van der Waals surface area contributed by atoms with Gasteiger partial charge in [0, 0.05) is 10.2 Å². The minimum atomic E-state index is -2.44. The third kappa shape index (κ3) is 1.82. The van der Waals surface area contributed by atoms with Crippen LogP contribution < -0.4 is 14.8 Å². The Bertz CT molecular complexity index is 559. The van der Waals surface area contributed by atoms with Gasteiger partial charge in [0.1, 0.15) is 1.41 Å². The number of hydrogen-bond acceptors (Lipinski definition) is 3. The number of fused-ring (bicyclic) bond motifs is 1. The van der Waals surface area contributed by atoms with Gasteiger partial charge in [-0.15, -0.1) is 0 Å². The summed E-state index contributed by atoms with van der Waals surface area (Å²) in [5.74, 6) is 0.0985. The summed E-state index contributed by atoms with van der Waals surface area (Å²) in [6.07, 6.45) is -0.212. The van der Waals surface area contributed by atoms with Crippen LogP contribution >= 0.6 is 0 Å². The molecule has 0 amide bonds. The Kier molecular flexibility index (Phi) is 1.14. The molecule has 3 heteroatoms. The average molecular weight is 200 g/mol. The molecule has 1 aromatic rings. The van der Waals surface area contributed by atoms with Gasteiger partial charge in [0.25, 0.3) is 0 Å². The molecule has 3 nitrogen and oxygen atoms in total. The molecule has 0 spiro atoms. The summed E-state index contributed by atoms with van der Waals surface area (Å²) in [7, 11) is 1.30. The van der Waals surface area contributed by atoms with Gasteiger partial charge in [-0.05, 0) is 38.0 Å². The van der Waals surface area contributed by atoms with Crippen molar-refractivity contribution in [3.8, 4) is 11.5 Å². The van der Waals surface area contributed by atoms with E-state index in [2.05, 4.69) is 0 Å². The fraction of sp³-hybridized carbons (Fsp3) is 0.455. The Morgan fingerprint density at radius 2 is 2.50 bits per heavy atom. The predicted molar refractivity (Wildman–Crippen MR) is 54.8 cm³/mol. The first kappa shape index (κ1) is 4.11. The topological polar surface area (TPSA) is 30.5 Å². The largest absolute Gasteiger partial charge is 0.454 e. The lowest BCUT2D eigenvalue weighted by atomic mass is 10.1. The molecule has 1 aliphatic rings. The smallest absolute Gasteiger partial charge is 0.231 e. The first-order valence-corrected chi connectivity index (χ1v) is 4.24. The number of nitrogens with one attached hydrogen (secondary N) is 1. The molecule has 0 saturated carbocycles. The van der Waals surface area contributed by atoms with Crippen LogP contribution in [0.1, 0.15) is 20.6 Å². The van der Waals surface area contributed by atoms with Crippen molar-refractivity contribution in [2.45, 2.75) is 19.3 Å². The maximum absolute atomic E-state index is 8.03. The van der Waals surface area contributed by atoms with Gasteiger partial charge in [-0.2, -0.15) is 0 Å². The summed E-state index contributed by atoms with van der Waals surface area (Å²) >= 11 is 0. The molecule has 76 valence electrons. The fourth-order valence-corrected chi connectivity index (χ4v) is 1.15. The van der Waals surface area contributed by atoms with Crippen molar-refractivity contribution in [3.63, 3.8) is 0 Å². The zero-order valence-electron chi connectivity index (χ0n) is 14.8. The zero-order chi connectivity index (χ0) is 15.9. The third-order valence-electron chi connectivity index (χ3n) is 1.91. The van der Waals surface area contributed by atoms with Gasteiger partial charge in [-0.25, -0.2) is 0 Å². The molecule has 0 fully saturated rings. The minimum Gasteiger partial charge on any atom is -0.454 e. The molecule has 0 bridgehead atoms. The van der Waals surface area contributed by atoms with Crippen LogP contribution in [0.3, 0.4) is 0 Å². The Hall–Kier alpha value is -1.22. The van der Waals surface area contributed by atoms with Crippen molar-refractivity contribution < 1.29 is 19.1 Å². The number of benzene rings is 1.